The number of aromatic amines is 1. The Kier molecular flexibility index (Phi) is 5.79. The summed E-state index contributed by atoms with van der Waals surface area (Å²) in [5, 5.41) is 20.6. The highest BCUT2D eigenvalue weighted by Gasteiger charge is 2.46. The van der Waals surface area contributed by atoms with Gasteiger partial charge in [0, 0.05) is 12.4 Å². The number of nitrogens with one attached hydrogen (secondary N) is 1. The van der Waals surface area contributed by atoms with Crippen LogP contribution < -0.4 is 11.3 Å². The Bertz CT molecular complexity index is 1280. The van der Waals surface area contributed by atoms with Crippen molar-refractivity contribution in [3.8, 4) is 0 Å². The number of hydrogen-bond donors (Lipinski definition) is 6. The van der Waals surface area contributed by atoms with E-state index >= 15 is 0 Å². The van der Waals surface area contributed by atoms with Crippen LogP contribution in [0.3, 0.4) is 0 Å². The first kappa shape index (κ1) is 22.7. The molecular formula is C13H17N7O10P2. The number of aliphatic hydroxyl groups excluding tert-OH is 2. The molecule has 0 aliphatic carbocycles. The van der Waals surface area contributed by atoms with Gasteiger partial charge in [-0.2, -0.15) is 9.29 Å². The Hall–Kier alpha value is -2.46. The molecule has 3 aromatic heterocycles. The quantitative estimate of drug-likeness (QED) is 0.201. The van der Waals surface area contributed by atoms with Gasteiger partial charge in [0.2, 0.25) is 5.95 Å². The van der Waals surface area contributed by atoms with Crippen LogP contribution in [0.25, 0.3) is 11.2 Å². The van der Waals surface area contributed by atoms with Crippen LogP contribution in [0.2, 0.25) is 0 Å². The van der Waals surface area contributed by atoms with Crippen molar-refractivity contribution in [3.05, 3.63) is 35.4 Å². The van der Waals surface area contributed by atoms with Crippen molar-refractivity contribution < 1.29 is 42.7 Å². The van der Waals surface area contributed by atoms with Crippen LogP contribution in [0, 0.1) is 0 Å². The summed E-state index contributed by atoms with van der Waals surface area (Å²) >= 11 is 0. The number of aliphatic hydroxyl groups is 2. The molecule has 7 N–H and O–H groups in total. The summed E-state index contributed by atoms with van der Waals surface area (Å²) < 4.78 is 40.4. The molecule has 4 rings (SSSR count). The zero-order chi connectivity index (χ0) is 23.3. The second kappa shape index (κ2) is 8.15. The monoisotopic (exact) mass is 493 g/mol. The number of H-pyrrole nitrogens is 1. The Balaban J connectivity index is 1.48. The summed E-state index contributed by atoms with van der Waals surface area (Å²) in [6.07, 6.45) is -1.68. The molecule has 0 bridgehead atoms. The maximum Gasteiger partial charge on any atom is 0.480 e. The van der Waals surface area contributed by atoms with Gasteiger partial charge in [0.15, 0.2) is 17.4 Å². The molecule has 1 aliphatic rings. The number of nitrogens with zero attached hydrogens (tertiary/aromatic N) is 5. The van der Waals surface area contributed by atoms with Gasteiger partial charge in [-0.05, 0) is 0 Å². The van der Waals surface area contributed by atoms with E-state index < -0.39 is 52.3 Å². The normalized spacial score (nSPS) is 27.4. The molecule has 4 heterocycles. The first-order valence-corrected chi connectivity index (χ1v) is 11.8. The highest BCUT2D eigenvalue weighted by atomic mass is 31.3. The van der Waals surface area contributed by atoms with Crippen molar-refractivity contribution in [3.63, 3.8) is 0 Å². The standard InChI is InChI=1S/C13H17N7O10P2/c14-13-17-10-7(11(23)18-13)16-5-20(10)12-9(22)8(21)6(29-12)3-28-32(26,27)30-31(24,25)19-2-1-15-4-19/h1-2,4-6,8-9,12,21-22H,3H2,(H,24,25)(H,26,27)(H3,14,17,18,23)/t6-,8-,9-,12-/m1/s1. The zero-order valence-corrected chi connectivity index (χ0v) is 17.6. The molecule has 17 nitrogen and oxygen atoms in total. The van der Waals surface area contributed by atoms with Crippen LogP contribution in [0.1, 0.15) is 6.23 Å². The number of aromatic nitrogens is 6. The molecule has 1 fully saturated rings. The molecule has 0 radical (unpaired) electrons. The third kappa shape index (κ3) is 4.25. The Morgan fingerprint density at radius 3 is 2.69 bits per heavy atom. The lowest BCUT2D eigenvalue weighted by molar-refractivity contribution is -0.0502. The molecular weight excluding hydrogens is 476 g/mol. The molecule has 6 atom stereocenters. The number of phosphoric ester groups is 1. The molecule has 3 aromatic rings. The summed E-state index contributed by atoms with van der Waals surface area (Å²) in [6, 6.07) is 0. The van der Waals surface area contributed by atoms with Crippen LogP contribution in [0.4, 0.5) is 5.95 Å². The number of anilines is 1. The average Bonchev–Trinajstić information content (AvgIpc) is 3.41. The maximum atomic E-state index is 12.1. The molecule has 32 heavy (non-hydrogen) atoms. The summed E-state index contributed by atoms with van der Waals surface area (Å²) in [4.78, 5) is 45.0. The minimum absolute atomic E-state index is 0.0400. The summed E-state index contributed by atoms with van der Waals surface area (Å²) in [5.41, 5.74) is 4.74. The van der Waals surface area contributed by atoms with Crippen molar-refractivity contribution >= 4 is 32.7 Å². The van der Waals surface area contributed by atoms with Crippen LogP contribution in [-0.2, 0) is 22.7 Å². The molecule has 174 valence electrons. The second-order valence-corrected chi connectivity index (χ2v) is 9.89. The topological polar surface area (TPSA) is 250 Å². The molecule has 0 aromatic carbocycles. The predicted molar refractivity (Wildman–Crippen MR) is 103 cm³/mol. The average molecular weight is 493 g/mol. The Morgan fingerprint density at radius 2 is 2.00 bits per heavy atom. The van der Waals surface area contributed by atoms with Crippen molar-refractivity contribution in [2.24, 2.45) is 0 Å². The molecule has 0 saturated carbocycles. The number of nitrogen functional groups attached to an aromatic ring is 1. The van der Waals surface area contributed by atoms with E-state index in [9.17, 15) is 33.9 Å². The fourth-order valence-corrected chi connectivity index (χ4v) is 5.35. The van der Waals surface area contributed by atoms with E-state index in [1.807, 2.05) is 0 Å². The Morgan fingerprint density at radius 1 is 1.25 bits per heavy atom. The second-order valence-electron chi connectivity index (χ2n) is 6.60. The number of phosphoric acid groups is 1. The van der Waals surface area contributed by atoms with E-state index in [-0.39, 0.29) is 17.1 Å². The highest BCUT2D eigenvalue weighted by molar-refractivity contribution is 7.63. The summed E-state index contributed by atoms with van der Waals surface area (Å²) in [5.74, 6) is -0.220. The van der Waals surface area contributed by atoms with E-state index in [1.54, 1.807) is 0 Å². The van der Waals surface area contributed by atoms with Crippen molar-refractivity contribution in [1.29, 1.82) is 0 Å². The van der Waals surface area contributed by atoms with Gasteiger partial charge in [-0.15, -0.1) is 0 Å². The lowest BCUT2D eigenvalue weighted by atomic mass is 10.1. The predicted octanol–water partition coefficient (Wildman–Crippen LogP) is -1.70. The highest BCUT2D eigenvalue weighted by Crippen LogP contribution is 2.60. The van der Waals surface area contributed by atoms with Crippen LogP contribution in [0.15, 0.2) is 29.8 Å². The molecule has 0 amide bonds. The molecule has 2 unspecified atom stereocenters. The summed E-state index contributed by atoms with van der Waals surface area (Å²) in [6.45, 7) is -0.810. The van der Waals surface area contributed by atoms with Crippen LogP contribution in [0.5, 0.6) is 0 Å². The van der Waals surface area contributed by atoms with Crippen molar-refractivity contribution in [2.45, 2.75) is 24.5 Å². The third-order valence-electron chi connectivity index (χ3n) is 4.46. The van der Waals surface area contributed by atoms with Crippen molar-refractivity contribution in [2.75, 3.05) is 12.3 Å². The van der Waals surface area contributed by atoms with Gasteiger partial charge >= 0.3 is 15.6 Å². The lowest BCUT2D eigenvalue weighted by Gasteiger charge is -2.19. The number of imidazole rings is 2. The van der Waals surface area contributed by atoms with Crippen LogP contribution >= 0.6 is 15.6 Å². The van der Waals surface area contributed by atoms with E-state index in [2.05, 4.69) is 28.8 Å². The van der Waals surface area contributed by atoms with Gasteiger partial charge in [-0.25, -0.2) is 23.4 Å². The number of ether oxygens (including phenoxy) is 1. The van der Waals surface area contributed by atoms with E-state index in [0.29, 0.717) is 4.34 Å². The number of nitrogens with two attached hydrogens (primary N) is 1. The number of hydrogen-bond acceptors (Lipinski definition) is 12. The third-order valence-corrected chi connectivity index (χ3v) is 7.43. The van der Waals surface area contributed by atoms with Gasteiger partial charge in [0.05, 0.1) is 12.9 Å². The van der Waals surface area contributed by atoms with E-state index in [0.717, 1.165) is 29.6 Å². The Labute approximate surface area is 177 Å². The largest absolute Gasteiger partial charge is 0.480 e. The van der Waals surface area contributed by atoms with Gasteiger partial charge in [0.25, 0.3) is 5.56 Å². The molecule has 0 spiro atoms. The van der Waals surface area contributed by atoms with Gasteiger partial charge in [-0.3, -0.25) is 18.9 Å². The first-order valence-electron chi connectivity index (χ1n) is 8.73. The van der Waals surface area contributed by atoms with Crippen molar-refractivity contribution in [1.82, 2.24) is 28.8 Å². The fourth-order valence-electron chi connectivity index (χ4n) is 3.00. The minimum atomic E-state index is -5.11. The lowest BCUT2D eigenvalue weighted by Crippen LogP contribution is -2.33. The smallest absolute Gasteiger partial charge is 0.387 e. The number of fused-ring (bicyclic) bond motifs is 1. The minimum Gasteiger partial charge on any atom is -0.387 e. The molecule has 19 heteroatoms. The van der Waals surface area contributed by atoms with Gasteiger partial charge < -0.3 is 30.5 Å². The SMILES string of the molecule is Nc1nc2c(ncn2[C@@H]2O[C@H](COP(=O)(O)OP(=O)(O)n3ccnc3)[C@@H](O)[C@H]2O)c(=O)[nH]1. The molecule has 1 saturated heterocycles. The number of rotatable bonds is 7. The first-order chi connectivity index (χ1) is 15.0. The molecule has 1 aliphatic heterocycles. The van der Waals surface area contributed by atoms with Crippen LogP contribution in [-0.4, -0.2) is 73.8 Å². The van der Waals surface area contributed by atoms with Gasteiger partial charge in [0.1, 0.15) is 24.6 Å². The zero-order valence-electron chi connectivity index (χ0n) is 15.8. The van der Waals surface area contributed by atoms with E-state index in [4.69, 9.17) is 10.5 Å². The summed E-state index contributed by atoms with van der Waals surface area (Å²) in [7, 11) is -9.91. The van der Waals surface area contributed by atoms with E-state index in [1.165, 1.54) is 0 Å². The van der Waals surface area contributed by atoms with Gasteiger partial charge in [-0.1, -0.05) is 0 Å². The maximum absolute atomic E-state index is 12.1. The fraction of sp³-hybridized carbons (Fsp3) is 0.385.